The summed E-state index contributed by atoms with van der Waals surface area (Å²) in [5.41, 5.74) is 4.62. The maximum absolute atomic E-state index is 13.7. The Morgan fingerprint density at radius 1 is 0.943 bits per heavy atom. The second-order valence-corrected chi connectivity index (χ2v) is 14.9. The molecule has 6 rings (SSSR count). The van der Waals surface area contributed by atoms with E-state index < -0.39 is 17.1 Å². The maximum Gasteiger partial charge on any atom is 0.272 e. The Balaban J connectivity index is 1.15. The molecule has 0 spiro atoms. The van der Waals surface area contributed by atoms with Crippen LogP contribution in [0.3, 0.4) is 0 Å². The summed E-state index contributed by atoms with van der Waals surface area (Å²) in [6.07, 6.45) is 4.79. The molecule has 8 nitrogen and oxygen atoms in total. The SMILES string of the molecule is CCOc1ccc(/C=C(/NC(=O)c2ccccc2)C(=O)Nc2cccc(SC(CC)C(=O)Nc3sc4c(c3C#N)CCC(c3ccccc3)C4)c2)cc1. The highest BCUT2D eigenvalue weighted by Crippen LogP contribution is 2.42. The fourth-order valence-electron chi connectivity index (χ4n) is 6.26. The zero-order chi connectivity index (χ0) is 37.2. The first-order chi connectivity index (χ1) is 25.8. The van der Waals surface area contributed by atoms with Gasteiger partial charge in [-0.05, 0) is 104 Å². The lowest BCUT2D eigenvalue weighted by Crippen LogP contribution is -2.30. The number of thioether (sulfide) groups is 1. The summed E-state index contributed by atoms with van der Waals surface area (Å²) in [4.78, 5) is 42.4. The summed E-state index contributed by atoms with van der Waals surface area (Å²) in [6.45, 7) is 4.39. The molecule has 2 unspecified atom stereocenters. The Morgan fingerprint density at radius 3 is 2.38 bits per heavy atom. The number of fused-ring (bicyclic) bond motifs is 1. The molecule has 0 aliphatic heterocycles. The van der Waals surface area contributed by atoms with Crippen LogP contribution in [0.2, 0.25) is 0 Å². The number of anilines is 2. The average Bonchev–Trinajstić information content (AvgIpc) is 3.54. The number of rotatable bonds is 13. The molecular formula is C43H40N4O4S2. The molecule has 1 aliphatic rings. The lowest BCUT2D eigenvalue weighted by atomic mass is 9.83. The Morgan fingerprint density at radius 2 is 1.68 bits per heavy atom. The van der Waals surface area contributed by atoms with Crippen molar-refractivity contribution >= 4 is 57.6 Å². The van der Waals surface area contributed by atoms with Gasteiger partial charge in [-0.2, -0.15) is 5.26 Å². The van der Waals surface area contributed by atoms with E-state index in [4.69, 9.17) is 4.74 Å². The van der Waals surface area contributed by atoms with Gasteiger partial charge in [0.2, 0.25) is 5.91 Å². The molecule has 2 atom stereocenters. The molecule has 0 saturated carbocycles. The zero-order valence-electron chi connectivity index (χ0n) is 29.6. The van der Waals surface area contributed by atoms with E-state index in [1.807, 2.05) is 50.2 Å². The third-order valence-electron chi connectivity index (χ3n) is 8.95. The van der Waals surface area contributed by atoms with Crippen molar-refractivity contribution in [1.29, 1.82) is 5.26 Å². The van der Waals surface area contributed by atoms with Crippen LogP contribution >= 0.6 is 23.1 Å². The molecule has 4 aromatic carbocycles. The van der Waals surface area contributed by atoms with Crippen LogP contribution in [0.4, 0.5) is 10.7 Å². The molecule has 1 aromatic heterocycles. The number of nitriles is 1. The number of hydrogen-bond donors (Lipinski definition) is 3. The van der Waals surface area contributed by atoms with Gasteiger partial charge in [0.1, 0.15) is 22.5 Å². The molecule has 0 bridgehead atoms. The van der Waals surface area contributed by atoms with Crippen LogP contribution in [-0.4, -0.2) is 29.6 Å². The first kappa shape index (κ1) is 37.1. The van der Waals surface area contributed by atoms with Crippen molar-refractivity contribution in [3.63, 3.8) is 0 Å². The van der Waals surface area contributed by atoms with Gasteiger partial charge in [0, 0.05) is 21.0 Å². The van der Waals surface area contributed by atoms with Gasteiger partial charge >= 0.3 is 0 Å². The van der Waals surface area contributed by atoms with Gasteiger partial charge in [0.05, 0.1) is 17.4 Å². The van der Waals surface area contributed by atoms with Crippen molar-refractivity contribution in [3.05, 3.63) is 148 Å². The topological polar surface area (TPSA) is 120 Å². The standard InChI is InChI=1S/C43H40N4O4S2/c1-3-38(42(50)47-43-36(27-44)35-23-20-31(25-39(35)53-43)29-12-7-5-8-13-29)52-34-17-11-16-32(26-34)45-41(49)37(46-40(48)30-14-9-6-10-15-30)24-28-18-21-33(22-19-28)51-4-2/h5-19,21-22,24,26,31,38H,3-4,20,23,25H2,1-2H3,(H,45,49)(H,46,48)(H,47,50)/b37-24+. The largest absolute Gasteiger partial charge is 0.494 e. The lowest BCUT2D eigenvalue weighted by molar-refractivity contribution is -0.116. The van der Waals surface area contributed by atoms with Crippen LogP contribution in [0.1, 0.15) is 70.1 Å². The van der Waals surface area contributed by atoms with Crippen molar-refractivity contribution < 1.29 is 19.1 Å². The molecular weight excluding hydrogens is 701 g/mol. The monoisotopic (exact) mass is 740 g/mol. The summed E-state index contributed by atoms with van der Waals surface area (Å²) < 4.78 is 5.54. The Bertz CT molecular complexity index is 2140. The summed E-state index contributed by atoms with van der Waals surface area (Å²) in [6, 6.07) is 36.0. The molecule has 3 N–H and O–H groups in total. The van der Waals surface area contributed by atoms with Gasteiger partial charge in [-0.15, -0.1) is 23.1 Å². The summed E-state index contributed by atoms with van der Waals surface area (Å²) >= 11 is 2.90. The Kier molecular flexibility index (Phi) is 12.4. The van der Waals surface area contributed by atoms with Crippen LogP contribution in [-0.2, 0) is 22.4 Å². The number of ether oxygens (including phenoxy) is 1. The summed E-state index contributed by atoms with van der Waals surface area (Å²) in [7, 11) is 0. The van der Waals surface area contributed by atoms with E-state index in [-0.39, 0.29) is 11.6 Å². The van der Waals surface area contributed by atoms with Crippen molar-refractivity contribution in [2.75, 3.05) is 17.2 Å². The summed E-state index contributed by atoms with van der Waals surface area (Å²) in [5.74, 6) is -0.000235. The molecule has 10 heteroatoms. The molecule has 5 aromatic rings. The summed E-state index contributed by atoms with van der Waals surface area (Å²) in [5, 5.41) is 19.0. The van der Waals surface area contributed by atoms with E-state index >= 15 is 0 Å². The second kappa shape index (κ2) is 17.7. The molecule has 0 fully saturated rings. The molecule has 53 heavy (non-hydrogen) atoms. The molecule has 1 heterocycles. The second-order valence-electron chi connectivity index (χ2n) is 12.5. The third kappa shape index (κ3) is 9.43. The number of carbonyl (C=O) groups is 3. The van der Waals surface area contributed by atoms with Crippen LogP contribution in [0.25, 0.3) is 6.08 Å². The normalized spacial score (nSPS) is 14.3. The number of nitrogens with one attached hydrogen (secondary N) is 3. The van der Waals surface area contributed by atoms with Gasteiger partial charge in [-0.1, -0.05) is 73.7 Å². The van der Waals surface area contributed by atoms with Crippen molar-refractivity contribution in [1.82, 2.24) is 5.32 Å². The average molecular weight is 741 g/mol. The van der Waals surface area contributed by atoms with Crippen LogP contribution in [0.15, 0.2) is 120 Å². The molecule has 1 aliphatic carbocycles. The predicted molar refractivity (Wildman–Crippen MR) is 213 cm³/mol. The lowest BCUT2D eigenvalue weighted by Gasteiger charge is -2.22. The molecule has 0 saturated heterocycles. The molecule has 3 amide bonds. The van der Waals surface area contributed by atoms with Gasteiger partial charge in [-0.3, -0.25) is 14.4 Å². The van der Waals surface area contributed by atoms with Crippen molar-refractivity contribution in [2.45, 2.75) is 55.6 Å². The molecule has 0 radical (unpaired) electrons. The number of thiophene rings is 1. The van der Waals surface area contributed by atoms with Crippen molar-refractivity contribution in [2.24, 2.45) is 0 Å². The number of benzene rings is 4. The van der Waals surface area contributed by atoms with Crippen LogP contribution in [0, 0.1) is 11.3 Å². The Hall–Kier alpha value is -5.63. The minimum atomic E-state index is -0.504. The number of nitrogens with zero attached hydrogens (tertiary/aromatic N) is 1. The fourth-order valence-corrected chi connectivity index (χ4v) is 8.56. The minimum absolute atomic E-state index is 0.0638. The third-order valence-corrected chi connectivity index (χ3v) is 11.5. The number of amides is 3. The zero-order valence-corrected chi connectivity index (χ0v) is 31.2. The van der Waals surface area contributed by atoms with Gasteiger partial charge < -0.3 is 20.7 Å². The highest BCUT2D eigenvalue weighted by Gasteiger charge is 2.28. The van der Waals surface area contributed by atoms with E-state index in [1.165, 1.54) is 28.7 Å². The van der Waals surface area contributed by atoms with Crippen molar-refractivity contribution in [3.8, 4) is 11.8 Å². The van der Waals surface area contributed by atoms with E-state index in [1.54, 1.807) is 54.6 Å². The first-order valence-corrected chi connectivity index (χ1v) is 19.3. The highest BCUT2D eigenvalue weighted by atomic mass is 32.2. The smallest absolute Gasteiger partial charge is 0.272 e. The maximum atomic E-state index is 13.7. The minimum Gasteiger partial charge on any atom is -0.494 e. The van der Waals surface area contributed by atoms with Crippen LogP contribution in [0.5, 0.6) is 5.75 Å². The quantitative estimate of drug-likeness (QED) is 0.0818. The van der Waals surface area contributed by atoms with Gasteiger partial charge in [-0.25, -0.2) is 0 Å². The predicted octanol–water partition coefficient (Wildman–Crippen LogP) is 9.21. The molecule has 268 valence electrons. The van der Waals surface area contributed by atoms with E-state index in [0.717, 1.165) is 34.6 Å². The Labute approximate surface area is 318 Å². The van der Waals surface area contributed by atoms with E-state index in [9.17, 15) is 19.6 Å². The number of hydrogen-bond acceptors (Lipinski definition) is 7. The van der Waals surface area contributed by atoms with Gasteiger partial charge in [0.15, 0.2) is 0 Å². The van der Waals surface area contributed by atoms with Gasteiger partial charge in [0.25, 0.3) is 11.8 Å². The van der Waals surface area contributed by atoms with E-state index in [2.05, 4.69) is 46.3 Å². The highest BCUT2D eigenvalue weighted by molar-refractivity contribution is 8.00. The van der Waals surface area contributed by atoms with Crippen LogP contribution < -0.4 is 20.7 Å². The first-order valence-electron chi connectivity index (χ1n) is 17.6. The van der Waals surface area contributed by atoms with E-state index in [0.29, 0.717) is 52.1 Å². The number of carbonyl (C=O) groups excluding carboxylic acids is 3. The fraction of sp³-hybridized carbons (Fsp3) is 0.209.